The van der Waals surface area contributed by atoms with E-state index in [1.807, 2.05) is 6.92 Å². The highest BCUT2D eigenvalue weighted by molar-refractivity contribution is 6.76. The van der Waals surface area contributed by atoms with E-state index >= 15 is 0 Å². The summed E-state index contributed by atoms with van der Waals surface area (Å²) in [6.45, 7) is 12.2. The Labute approximate surface area is 144 Å². The Bertz CT molecular complexity index is 668. The molecular weight excluding hydrogens is 322 g/mol. The highest BCUT2D eigenvalue weighted by Gasteiger charge is 2.15. The molecule has 0 aliphatic heterocycles. The highest BCUT2D eigenvalue weighted by Crippen LogP contribution is 2.21. The lowest BCUT2D eigenvalue weighted by Crippen LogP contribution is -2.22. The Balaban J connectivity index is 2.09. The average molecular weight is 352 g/mol. The summed E-state index contributed by atoms with van der Waals surface area (Å²) in [5, 5.41) is 5.03. The fraction of sp³-hybridized carbons (Fsp3) is 0.688. The van der Waals surface area contributed by atoms with Crippen LogP contribution in [0.15, 0.2) is 6.20 Å². The van der Waals surface area contributed by atoms with Crippen LogP contribution < -0.4 is 10.5 Å². The Morgan fingerprint density at radius 3 is 2.71 bits per heavy atom. The van der Waals surface area contributed by atoms with Gasteiger partial charge in [0.05, 0.1) is 17.7 Å². The normalized spacial score (nSPS) is 13.4. The number of hydrogen-bond donors (Lipinski definition) is 1. The summed E-state index contributed by atoms with van der Waals surface area (Å²) >= 11 is 0. The van der Waals surface area contributed by atoms with Crippen molar-refractivity contribution in [1.82, 2.24) is 19.7 Å². The molecule has 1 atom stereocenters. The van der Waals surface area contributed by atoms with Gasteiger partial charge in [-0.15, -0.1) is 0 Å². The first-order chi connectivity index (χ1) is 11.3. The molecule has 0 aliphatic carbocycles. The van der Waals surface area contributed by atoms with Gasteiger partial charge >= 0.3 is 6.01 Å². The molecule has 0 saturated carbocycles. The smallest absolute Gasteiger partial charge is 0.320 e. The number of anilines is 1. The van der Waals surface area contributed by atoms with Gasteiger partial charge in [-0.05, 0) is 19.4 Å². The first-order valence-electron chi connectivity index (χ1n) is 8.53. The Kier molecular flexibility index (Phi) is 6.17. The third kappa shape index (κ3) is 5.17. The molecule has 0 radical (unpaired) electrons. The molecular formula is C16H29N5O2Si. The molecule has 2 N–H and O–H groups in total. The third-order valence-corrected chi connectivity index (χ3v) is 5.42. The van der Waals surface area contributed by atoms with E-state index in [1.54, 1.807) is 10.9 Å². The minimum Gasteiger partial charge on any atom is -0.460 e. The molecule has 2 rings (SSSR count). The topological polar surface area (TPSA) is 88.1 Å². The van der Waals surface area contributed by atoms with Crippen LogP contribution in [0, 0.1) is 0 Å². The maximum absolute atomic E-state index is 6.01. The molecule has 8 heteroatoms. The second kappa shape index (κ2) is 7.93. The molecule has 0 saturated heterocycles. The zero-order chi connectivity index (χ0) is 17.7. The number of fused-ring (bicyclic) bond motifs is 1. The van der Waals surface area contributed by atoms with Gasteiger partial charge in [0.25, 0.3) is 0 Å². The second-order valence-electron chi connectivity index (χ2n) is 7.34. The molecule has 0 aliphatic rings. The molecule has 7 nitrogen and oxygen atoms in total. The summed E-state index contributed by atoms with van der Waals surface area (Å²) in [5.41, 5.74) is 6.66. The van der Waals surface area contributed by atoms with E-state index in [0.29, 0.717) is 24.2 Å². The molecule has 2 heterocycles. The Hall–Kier alpha value is -1.67. The van der Waals surface area contributed by atoms with Crippen molar-refractivity contribution in [3.8, 4) is 6.01 Å². The van der Waals surface area contributed by atoms with Crippen LogP contribution in [0.1, 0.15) is 26.7 Å². The van der Waals surface area contributed by atoms with Crippen molar-refractivity contribution in [2.75, 3.05) is 12.3 Å². The number of nitrogens with zero attached hydrogens (tertiary/aromatic N) is 4. The van der Waals surface area contributed by atoms with Gasteiger partial charge in [-0.1, -0.05) is 33.0 Å². The number of aromatic nitrogens is 4. The summed E-state index contributed by atoms with van der Waals surface area (Å²) in [6.07, 6.45) is 3.71. The predicted molar refractivity (Wildman–Crippen MR) is 98.8 cm³/mol. The van der Waals surface area contributed by atoms with Gasteiger partial charge in [-0.3, -0.25) is 0 Å². The molecule has 0 spiro atoms. The molecule has 0 aromatic carbocycles. The van der Waals surface area contributed by atoms with Crippen molar-refractivity contribution < 1.29 is 9.47 Å². The van der Waals surface area contributed by atoms with Crippen molar-refractivity contribution in [2.45, 2.75) is 65.2 Å². The number of nitrogens with two attached hydrogens (primary N) is 1. The molecule has 24 heavy (non-hydrogen) atoms. The van der Waals surface area contributed by atoms with Crippen molar-refractivity contribution >= 4 is 24.9 Å². The van der Waals surface area contributed by atoms with Gasteiger partial charge in [0.1, 0.15) is 12.5 Å². The minimum absolute atomic E-state index is 0.0521. The van der Waals surface area contributed by atoms with Crippen LogP contribution in [-0.4, -0.2) is 40.5 Å². The molecule has 0 fully saturated rings. The van der Waals surface area contributed by atoms with Crippen LogP contribution in [0.5, 0.6) is 6.01 Å². The van der Waals surface area contributed by atoms with Crippen LogP contribution in [-0.2, 0) is 11.5 Å². The molecule has 2 aromatic heterocycles. The van der Waals surface area contributed by atoms with Crippen LogP contribution in [0.25, 0.3) is 11.0 Å². The number of nitrogen functional groups attached to an aromatic ring is 1. The zero-order valence-corrected chi connectivity index (χ0v) is 16.4. The first kappa shape index (κ1) is 18.7. The SMILES string of the molecule is CCCC(C)Oc1nc(N)c2cnn(COCC[Si](C)(C)C)c2n1. The van der Waals surface area contributed by atoms with Gasteiger partial charge in [0, 0.05) is 14.7 Å². The summed E-state index contributed by atoms with van der Waals surface area (Å²) in [6, 6.07) is 1.41. The molecule has 134 valence electrons. The lowest BCUT2D eigenvalue weighted by atomic mass is 10.2. The summed E-state index contributed by atoms with van der Waals surface area (Å²) < 4.78 is 13.2. The first-order valence-corrected chi connectivity index (χ1v) is 12.2. The molecule has 0 amide bonds. The second-order valence-corrected chi connectivity index (χ2v) is 13.0. The molecule has 2 aromatic rings. The van der Waals surface area contributed by atoms with Crippen molar-refractivity contribution in [3.63, 3.8) is 0 Å². The number of rotatable bonds is 9. The average Bonchev–Trinajstić information content (AvgIpc) is 2.86. The monoisotopic (exact) mass is 351 g/mol. The van der Waals surface area contributed by atoms with Crippen LogP contribution in [0.4, 0.5) is 5.82 Å². The Morgan fingerprint density at radius 2 is 2.04 bits per heavy atom. The van der Waals surface area contributed by atoms with Gasteiger partial charge in [-0.25, -0.2) is 4.68 Å². The quantitative estimate of drug-likeness (QED) is 0.551. The van der Waals surface area contributed by atoms with Crippen molar-refractivity contribution in [2.24, 2.45) is 0 Å². The van der Waals surface area contributed by atoms with E-state index in [9.17, 15) is 0 Å². The third-order valence-electron chi connectivity index (χ3n) is 3.72. The van der Waals surface area contributed by atoms with Gasteiger partial charge in [0.2, 0.25) is 0 Å². The fourth-order valence-corrected chi connectivity index (χ4v) is 3.04. The lowest BCUT2D eigenvalue weighted by molar-refractivity contribution is 0.0811. The summed E-state index contributed by atoms with van der Waals surface area (Å²) in [7, 11) is -1.10. The molecule has 1 unspecified atom stereocenters. The maximum atomic E-state index is 6.01. The predicted octanol–water partition coefficient (Wildman–Crippen LogP) is 3.29. The van der Waals surface area contributed by atoms with E-state index in [-0.39, 0.29) is 6.10 Å². The van der Waals surface area contributed by atoms with Crippen LogP contribution >= 0.6 is 0 Å². The lowest BCUT2D eigenvalue weighted by Gasteiger charge is -2.15. The van der Waals surface area contributed by atoms with Crippen molar-refractivity contribution in [3.05, 3.63) is 6.20 Å². The van der Waals surface area contributed by atoms with E-state index in [1.165, 1.54) is 0 Å². The van der Waals surface area contributed by atoms with Gasteiger partial charge in [-0.2, -0.15) is 15.1 Å². The minimum atomic E-state index is -1.10. The van der Waals surface area contributed by atoms with Crippen LogP contribution in [0.2, 0.25) is 25.7 Å². The van der Waals surface area contributed by atoms with Gasteiger partial charge < -0.3 is 15.2 Å². The summed E-state index contributed by atoms with van der Waals surface area (Å²) in [5.74, 6) is 0.382. The Morgan fingerprint density at radius 1 is 1.29 bits per heavy atom. The van der Waals surface area contributed by atoms with E-state index in [0.717, 1.165) is 30.9 Å². The van der Waals surface area contributed by atoms with Crippen molar-refractivity contribution in [1.29, 1.82) is 0 Å². The maximum Gasteiger partial charge on any atom is 0.320 e. The van der Waals surface area contributed by atoms with Crippen LogP contribution in [0.3, 0.4) is 0 Å². The summed E-state index contributed by atoms with van der Waals surface area (Å²) in [4.78, 5) is 8.68. The zero-order valence-electron chi connectivity index (χ0n) is 15.4. The van der Waals surface area contributed by atoms with Gasteiger partial charge in [0.15, 0.2) is 5.65 Å². The van der Waals surface area contributed by atoms with E-state index in [2.05, 4.69) is 41.6 Å². The largest absolute Gasteiger partial charge is 0.460 e. The standard InChI is InChI=1S/C16H29N5O2Si/c1-6-7-12(2)23-16-19-14(17)13-10-18-21(15(13)20-16)11-22-8-9-24(3,4)5/h10,12H,6-9,11H2,1-5H3,(H2,17,19,20). The van der Waals surface area contributed by atoms with E-state index < -0.39 is 8.07 Å². The number of hydrogen-bond acceptors (Lipinski definition) is 6. The fourth-order valence-electron chi connectivity index (χ4n) is 2.28. The molecule has 0 bridgehead atoms. The number of ether oxygens (including phenoxy) is 2. The highest BCUT2D eigenvalue weighted by atomic mass is 28.3. The van der Waals surface area contributed by atoms with E-state index in [4.69, 9.17) is 15.2 Å².